The Morgan fingerprint density at radius 2 is 2.13 bits per heavy atom. The summed E-state index contributed by atoms with van der Waals surface area (Å²) in [6, 6.07) is -0.236. The molecule has 9 heteroatoms. The highest BCUT2D eigenvalue weighted by Gasteiger charge is 2.41. The number of hydrogen-bond donors (Lipinski definition) is 2. The van der Waals surface area contributed by atoms with Gasteiger partial charge in [-0.15, -0.1) is 0 Å². The van der Waals surface area contributed by atoms with Crippen LogP contribution in [0.1, 0.15) is 68.7 Å². The average Bonchev–Trinajstić information content (AvgIpc) is 3.08. The molecule has 0 aromatic carbocycles. The van der Waals surface area contributed by atoms with Crippen molar-refractivity contribution in [1.82, 2.24) is 20.4 Å². The number of esters is 1. The zero-order valence-electron chi connectivity index (χ0n) is 18.2. The second kappa shape index (κ2) is 8.60. The summed E-state index contributed by atoms with van der Waals surface area (Å²) < 4.78 is 5.06. The number of amides is 2. The van der Waals surface area contributed by atoms with Crippen molar-refractivity contribution in [2.24, 2.45) is 15.8 Å². The molecule has 164 valence electrons. The van der Waals surface area contributed by atoms with Crippen molar-refractivity contribution in [2.45, 2.75) is 66.0 Å². The van der Waals surface area contributed by atoms with Crippen molar-refractivity contribution in [3.63, 3.8) is 0 Å². The molecule has 1 aliphatic carbocycles. The van der Waals surface area contributed by atoms with Crippen molar-refractivity contribution >= 4 is 18.1 Å². The van der Waals surface area contributed by atoms with Gasteiger partial charge in [0.1, 0.15) is 0 Å². The van der Waals surface area contributed by atoms with Gasteiger partial charge in [0.2, 0.25) is 6.08 Å². The summed E-state index contributed by atoms with van der Waals surface area (Å²) in [6.45, 7) is 9.84. The quantitative estimate of drug-likeness (QED) is 0.434. The molecular weight excluding hydrogens is 386 g/mol. The minimum atomic E-state index is -0.476. The highest BCUT2D eigenvalue weighted by Crippen LogP contribution is 2.46. The molecule has 2 N–H and O–H groups in total. The van der Waals surface area contributed by atoms with E-state index in [1.807, 2.05) is 0 Å². The Labute approximate surface area is 176 Å². The SMILES string of the molecule is CCOC(=O)c1n[nH]c2c1CN(C(=O)NCC1(C)CC(N=C=O)CC(C)(C)C1)CC2. The lowest BCUT2D eigenvalue weighted by atomic mass is 9.63. The monoisotopic (exact) mass is 417 g/mol. The molecule has 3 rings (SSSR count). The number of ether oxygens (including phenoxy) is 1. The first-order valence-corrected chi connectivity index (χ1v) is 10.5. The first-order chi connectivity index (χ1) is 14.2. The van der Waals surface area contributed by atoms with Crippen LogP contribution in [0.4, 0.5) is 4.79 Å². The number of hydrogen-bond acceptors (Lipinski definition) is 6. The summed E-state index contributed by atoms with van der Waals surface area (Å²) in [4.78, 5) is 41.4. The van der Waals surface area contributed by atoms with Crippen LogP contribution in [0.15, 0.2) is 4.99 Å². The van der Waals surface area contributed by atoms with E-state index in [-0.39, 0.29) is 35.2 Å². The lowest BCUT2D eigenvalue weighted by Crippen LogP contribution is -2.49. The average molecular weight is 418 g/mol. The van der Waals surface area contributed by atoms with Crippen molar-refractivity contribution in [1.29, 1.82) is 0 Å². The molecule has 2 aliphatic rings. The Balaban J connectivity index is 1.64. The molecule has 2 amide bonds. The van der Waals surface area contributed by atoms with E-state index in [0.717, 1.165) is 30.5 Å². The summed E-state index contributed by atoms with van der Waals surface area (Å²) in [5.41, 5.74) is 1.72. The predicted octanol–water partition coefficient (Wildman–Crippen LogP) is 2.57. The molecule has 1 saturated carbocycles. The maximum Gasteiger partial charge on any atom is 0.359 e. The van der Waals surface area contributed by atoms with E-state index >= 15 is 0 Å². The predicted molar refractivity (Wildman–Crippen MR) is 110 cm³/mol. The van der Waals surface area contributed by atoms with E-state index in [1.54, 1.807) is 17.9 Å². The number of nitrogens with one attached hydrogen (secondary N) is 2. The minimum absolute atomic E-state index is 0.0358. The number of carbonyl (C=O) groups excluding carboxylic acids is 3. The number of fused-ring (bicyclic) bond motifs is 1. The van der Waals surface area contributed by atoms with Gasteiger partial charge in [0.15, 0.2) is 5.69 Å². The van der Waals surface area contributed by atoms with Gasteiger partial charge < -0.3 is 15.0 Å². The Kier molecular flexibility index (Phi) is 6.31. The molecule has 0 saturated heterocycles. The normalized spacial score (nSPS) is 25.1. The van der Waals surface area contributed by atoms with Crippen molar-refractivity contribution in [3.8, 4) is 0 Å². The van der Waals surface area contributed by atoms with Crippen LogP contribution < -0.4 is 5.32 Å². The Morgan fingerprint density at radius 3 is 2.83 bits per heavy atom. The third-order valence-electron chi connectivity index (χ3n) is 6.01. The number of aromatic amines is 1. The van der Waals surface area contributed by atoms with Crippen LogP contribution in [0.25, 0.3) is 0 Å². The second-order valence-corrected chi connectivity index (χ2v) is 9.51. The molecule has 1 aliphatic heterocycles. The van der Waals surface area contributed by atoms with Gasteiger partial charge in [-0.3, -0.25) is 5.10 Å². The smallest absolute Gasteiger partial charge is 0.359 e. The highest BCUT2D eigenvalue weighted by atomic mass is 16.5. The maximum absolute atomic E-state index is 12.9. The standard InChI is InChI=1S/C21H31N5O4/c1-5-30-18(28)17-15-10-26(7-6-16(15)24-25-17)19(29)22-12-21(4)9-14(23-13-27)8-20(2,3)11-21/h14H,5-12H2,1-4H3,(H,22,29)(H,24,25). The molecule has 0 spiro atoms. The second-order valence-electron chi connectivity index (χ2n) is 9.51. The van der Waals surface area contributed by atoms with Gasteiger partial charge >= 0.3 is 12.0 Å². The number of carbonyl (C=O) groups is 2. The van der Waals surface area contributed by atoms with E-state index < -0.39 is 5.97 Å². The molecule has 2 unspecified atom stereocenters. The lowest BCUT2D eigenvalue weighted by Gasteiger charge is -2.45. The third kappa shape index (κ3) is 4.90. The van der Waals surface area contributed by atoms with Gasteiger partial charge in [-0.1, -0.05) is 20.8 Å². The molecule has 0 radical (unpaired) electrons. The number of aliphatic imine (C=N–C) groups is 1. The van der Waals surface area contributed by atoms with E-state index in [9.17, 15) is 14.4 Å². The molecule has 1 aromatic heterocycles. The van der Waals surface area contributed by atoms with Gasteiger partial charge in [-0.2, -0.15) is 5.10 Å². The molecule has 2 atom stereocenters. The number of H-pyrrole nitrogens is 1. The van der Waals surface area contributed by atoms with Gasteiger partial charge in [0.25, 0.3) is 0 Å². The van der Waals surface area contributed by atoms with Crippen molar-refractivity contribution in [2.75, 3.05) is 19.7 Å². The minimum Gasteiger partial charge on any atom is -0.461 e. The summed E-state index contributed by atoms with van der Waals surface area (Å²) >= 11 is 0. The van der Waals surface area contributed by atoms with E-state index in [4.69, 9.17) is 4.74 Å². The summed E-state index contributed by atoms with van der Waals surface area (Å²) in [5, 5.41) is 10.0. The van der Waals surface area contributed by atoms with Crippen LogP contribution in [0.5, 0.6) is 0 Å². The number of isocyanates is 1. The zero-order chi connectivity index (χ0) is 21.9. The van der Waals surface area contributed by atoms with Crippen LogP contribution >= 0.6 is 0 Å². The molecule has 0 bridgehead atoms. The fourth-order valence-electron chi connectivity index (χ4n) is 5.12. The fourth-order valence-corrected chi connectivity index (χ4v) is 5.12. The van der Waals surface area contributed by atoms with Gasteiger partial charge in [-0.05, 0) is 37.0 Å². The van der Waals surface area contributed by atoms with Gasteiger partial charge in [-0.25, -0.2) is 19.4 Å². The Bertz CT molecular complexity index is 858. The molecule has 30 heavy (non-hydrogen) atoms. The Hall–Kier alpha value is -2.67. The molecular formula is C21H31N5O4. The van der Waals surface area contributed by atoms with Crippen LogP contribution in [0.3, 0.4) is 0 Å². The lowest BCUT2D eigenvalue weighted by molar-refractivity contribution is 0.0516. The zero-order valence-corrected chi connectivity index (χ0v) is 18.2. The number of urea groups is 1. The van der Waals surface area contributed by atoms with Crippen molar-refractivity contribution in [3.05, 3.63) is 17.0 Å². The third-order valence-corrected chi connectivity index (χ3v) is 6.01. The Morgan fingerprint density at radius 1 is 1.37 bits per heavy atom. The first-order valence-electron chi connectivity index (χ1n) is 10.5. The number of aromatic nitrogens is 2. The molecule has 1 fully saturated rings. The summed E-state index contributed by atoms with van der Waals surface area (Å²) in [7, 11) is 0. The topological polar surface area (TPSA) is 117 Å². The van der Waals surface area contributed by atoms with Crippen LogP contribution in [-0.2, 0) is 22.5 Å². The summed E-state index contributed by atoms with van der Waals surface area (Å²) in [5.74, 6) is -0.476. The first kappa shape index (κ1) is 22.0. The molecule has 2 heterocycles. The van der Waals surface area contributed by atoms with Gasteiger partial charge in [0, 0.05) is 30.8 Å². The maximum atomic E-state index is 12.9. The number of rotatable bonds is 5. The van der Waals surface area contributed by atoms with Crippen LogP contribution in [0.2, 0.25) is 0 Å². The number of nitrogens with zero attached hydrogens (tertiary/aromatic N) is 3. The van der Waals surface area contributed by atoms with Crippen molar-refractivity contribution < 1.29 is 19.1 Å². The van der Waals surface area contributed by atoms with Crippen LogP contribution in [0, 0.1) is 10.8 Å². The van der Waals surface area contributed by atoms with Crippen LogP contribution in [-0.4, -0.2) is 58.9 Å². The largest absolute Gasteiger partial charge is 0.461 e. The van der Waals surface area contributed by atoms with E-state index in [1.165, 1.54) is 0 Å². The van der Waals surface area contributed by atoms with E-state index in [0.29, 0.717) is 26.1 Å². The molecule has 9 nitrogen and oxygen atoms in total. The summed E-state index contributed by atoms with van der Waals surface area (Å²) in [6.07, 6.45) is 4.82. The highest BCUT2D eigenvalue weighted by molar-refractivity contribution is 5.89. The molecule has 1 aromatic rings. The fraction of sp³-hybridized carbons (Fsp3) is 0.714. The van der Waals surface area contributed by atoms with E-state index in [2.05, 4.69) is 41.3 Å². The van der Waals surface area contributed by atoms with Gasteiger partial charge in [0.05, 0.1) is 19.2 Å².